The fourth-order valence-corrected chi connectivity index (χ4v) is 1.04. The molecule has 16 heavy (non-hydrogen) atoms. The number of nitrogens with one attached hydrogen (secondary N) is 1. The molecule has 0 heterocycles. The molecule has 0 saturated carbocycles. The van der Waals surface area contributed by atoms with Gasteiger partial charge in [-0.2, -0.15) is 0 Å². The lowest BCUT2D eigenvalue weighted by Crippen LogP contribution is -2.45. The molecule has 94 valence electrons. The molecule has 2 amide bonds. The van der Waals surface area contributed by atoms with Gasteiger partial charge in [0, 0.05) is 13.1 Å². The molecule has 0 atom stereocenters. The Balaban J connectivity index is 4.17. The summed E-state index contributed by atoms with van der Waals surface area (Å²) >= 11 is 0. The quantitative estimate of drug-likeness (QED) is 0.727. The predicted molar refractivity (Wildman–Crippen MR) is 62.4 cm³/mol. The highest BCUT2D eigenvalue weighted by molar-refractivity contribution is 5.80. The van der Waals surface area contributed by atoms with Gasteiger partial charge < -0.3 is 15.3 Å². The molecule has 0 unspecified atom stereocenters. The van der Waals surface area contributed by atoms with Crippen molar-refractivity contribution in [3.8, 4) is 0 Å². The molecule has 0 fully saturated rings. The summed E-state index contributed by atoms with van der Waals surface area (Å²) in [4.78, 5) is 23.4. The van der Waals surface area contributed by atoms with Crippen molar-refractivity contribution >= 4 is 12.0 Å². The zero-order chi connectivity index (χ0) is 12.8. The predicted octanol–water partition coefficient (Wildman–Crippen LogP) is 1.54. The Hall–Kier alpha value is -1.26. The molecule has 0 bridgehead atoms. The number of likely N-dealkylation sites (N-methyl/N-ethyl adjacent to an activating group) is 1. The van der Waals surface area contributed by atoms with Gasteiger partial charge in [-0.15, -0.1) is 0 Å². The van der Waals surface area contributed by atoms with Gasteiger partial charge in [0.1, 0.15) is 6.54 Å². The van der Waals surface area contributed by atoms with Crippen LogP contribution in [0, 0.1) is 5.41 Å². The lowest BCUT2D eigenvalue weighted by Gasteiger charge is -2.26. The summed E-state index contributed by atoms with van der Waals surface area (Å²) in [6.45, 7) is 8.62. The summed E-state index contributed by atoms with van der Waals surface area (Å²) in [7, 11) is 0. The monoisotopic (exact) mass is 230 g/mol. The molecule has 0 radical (unpaired) electrons. The van der Waals surface area contributed by atoms with E-state index < -0.39 is 5.97 Å². The van der Waals surface area contributed by atoms with Gasteiger partial charge >= 0.3 is 12.0 Å². The molecule has 0 aliphatic heterocycles. The second-order valence-corrected chi connectivity index (χ2v) is 4.58. The maximum absolute atomic E-state index is 11.6. The van der Waals surface area contributed by atoms with E-state index in [1.807, 2.05) is 0 Å². The molecule has 0 aromatic heterocycles. The number of rotatable bonds is 6. The van der Waals surface area contributed by atoms with Gasteiger partial charge in [0.2, 0.25) is 0 Å². The van der Waals surface area contributed by atoms with Crippen molar-refractivity contribution in [1.82, 2.24) is 10.2 Å². The van der Waals surface area contributed by atoms with Gasteiger partial charge in [-0.3, -0.25) is 4.79 Å². The SMILES string of the molecule is CCN(CC(=O)O)C(=O)NCC(C)(C)CC. The van der Waals surface area contributed by atoms with Crippen LogP contribution in [0.5, 0.6) is 0 Å². The Bertz CT molecular complexity index is 252. The first kappa shape index (κ1) is 14.7. The van der Waals surface area contributed by atoms with Crippen LogP contribution in [0.3, 0.4) is 0 Å². The third kappa shape index (κ3) is 5.58. The first-order chi connectivity index (χ1) is 7.32. The molecule has 0 aliphatic rings. The highest BCUT2D eigenvalue weighted by Gasteiger charge is 2.19. The molecular weight excluding hydrogens is 208 g/mol. The molecule has 5 heteroatoms. The van der Waals surface area contributed by atoms with Crippen LogP contribution < -0.4 is 5.32 Å². The van der Waals surface area contributed by atoms with Crippen LogP contribution >= 0.6 is 0 Å². The fourth-order valence-electron chi connectivity index (χ4n) is 1.04. The minimum Gasteiger partial charge on any atom is -0.480 e. The minimum absolute atomic E-state index is 0.0400. The average Bonchev–Trinajstić information content (AvgIpc) is 2.22. The van der Waals surface area contributed by atoms with Crippen molar-refractivity contribution in [2.24, 2.45) is 5.41 Å². The Labute approximate surface area is 96.8 Å². The first-order valence-corrected chi connectivity index (χ1v) is 5.57. The summed E-state index contributed by atoms with van der Waals surface area (Å²) in [6.07, 6.45) is 0.957. The number of carbonyl (C=O) groups excluding carboxylic acids is 1. The van der Waals surface area contributed by atoms with E-state index in [1.54, 1.807) is 6.92 Å². The lowest BCUT2D eigenvalue weighted by molar-refractivity contribution is -0.137. The molecule has 0 saturated heterocycles. The van der Waals surface area contributed by atoms with Gasteiger partial charge in [0.05, 0.1) is 0 Å². The molecule has 2 N–H and O–H groups in total. The van der Waals surface area contributed by atoms with Gasteiger partial charge in [0.15, 0.2) is 0 Å². The second-order valence-electron chi connectivity index (χ2n) is 4.58. The fraction of sp³-hybridized carbons (Fsp3) is 0.818. The number of hydrogen-bond donors (Lipinski definition) is 2. The van der Waals surface area contributed by atoms with E-state index >= 15 is 0 Å². The number of urea groups is 1. The maximum Gasteiger partial charge on any atom is 0.323 e. The highest BCUT2D eigenvalue weighted by Crippen LogP contribution is 2.17. The number of carboxylic acids is 1. The van der Waals surface area contributed by atoms with Crippen molar-refractivity contribution in [2.75, 3.05) is 19.6 Å². The summed E-state index contributed by atoms with van der Waals surface area (Å²) < 4.78 is 0. The Morgan fingerprint density at radius 1 is 1.31 bits per heavy atom. The number of aliphatic carboxylic acids is 1. The van der Waals surface area contributed by atoms with E-state index in [9.17, 15) is 9.59 Å². The number of amides is 2. The molecule has 5 nitrogen and oxygen atoms in total. The van der Waals surface area contributed by atoms with Crippen LogP contribution in [0.25, 0.3) is 0 Å². The average molecular weight is 230 g/mol. The lowest BCUT2D eigenvalue weighted by atomic mass is 9.90. The van der Waals surface area contributed by atoms with Crippen LogP contribution in [-0.2, 0) is 4.79 Å². The van der Waals surface area contributed by atoms with Gasteiger partial charge in [-0.1, -0.05) is 20.8 Å². The maximum atomic E-state index is 11.6. The Kier molecular flexibility index (Phi) is 5.85. The molecule has 0 rings (SSSR count). The summed E-state index contributed by atoms with van der Waals surface area (Å²) in [5, 5.41) is 11.4. The zero-order valence-electron chi connectivity index (χ0n) is 10.5. The number of carboxylic acid groups (broad SMARTS) is 1. The van der Waals surface area contributed by atoms with E-state index in [2.05, 4.69) is 26.1 Å². The van der Waals surface area contributed by atoms with Crippen molar-refractivity contribution in [2.45, 2.75) is 34.1 Å². The van der Waals surface area contributed by atoms with E-state index in [0.29, 0.717) is 13.1 Å². The van der Waals surface area contributed by atoms with Crippen LogP contribution in [0.15, 0.2) is 0 Å². The largest absolute Gasteiger partial charge is 0.480 e. The minimum atomic E-state index is -0.994. The summed E-state index contributed by atoms with van der Waals surface area (Å²) in [6, 6.07) is -0.313. The number of hydrogen-bond acceptors (Lipinski definition) is 2. The second kappa shape index (κ2) is 6.35. The van der Waals surface area contributed by atoms with E-state index in [1.165, 1.54) is 4.90 Å². The third-order valence-electron chi connectivity index (χ3n) is 2.67. The Morgan fingerprint density at radius 3 is 2.25 bits per heavy atom. The van der Waals surface area contributed by atoms with Crippen molar-refractivity contribution < 1.29 is 14.7 Å². The Morgan fingerprint density at radius 2 is 1.88 bits per heavy atom. The molecule has 0 spiro atoms. The molecular formula is C11H22N2O3. The topological polar surface area (TPSA) is 69.6 Å². The van der Waals surface area contributed by atoms with E-state index in [4.69, 9.17) is 5.11 Å². The van der Waals surface area contributed by atoms with Crippen molar-refractivity contribution in [1.29, 1.82) is 0 Å². The van der Waals surface area contributed by atoms with E-state index in [-0.39, 0.29) is 18.0 Å². The molecule has 0 aromatic carbocycles. The van der Waals surface area contributed by atoms with Crippen LogP contribution in [0.2, 0.25) is 0 Å². The van der Waals surface area contributed by atoms with E-state index in [0.717, 1.165) is 6.42 Å². The van der Waals surface area contributed by atoms with Crippen molar-refractivity contribution in [3.63, 3.8) is 0 Å². The molecule has 0 aromatic rings. The summed E-state index contributed by atoms with van der Waals surface area (Å²) in [5.41, 5.74) is 0.0400. The number of nitrogens with zero attached hydrogens (tertiary/aromatic N) is 1. The first-order valence-electron chi connectivity index (χ1n) is 5.57. The zero-order valence-corrected chi connectivity index (χ0v) is 10.5. The van der Waals surface area contributed by atoms with Crippen LogP contribution in [0.4, 0.5) is 4.79 Å². The third-order valence-corrected chi connectivity index (χ3v) is 2.67. The summed E-state index contributed by atoms with van der Waals surface area (Å²) in [5.74, 6) is -0.994. The number of carbonyl (C=O) groups is 2. The van der Waals surface area contributed by atoms with Gasteiger partial charge in [0.25, 0.3) is 0 Å². The van der Waals surface area contributed by atoms with Crippen molar-refractivity contribution in [3.05, 3.63) is 0 Å². The van der Waals surface area contributed by atoms with Gasteiger partial charge in [-0.05, 0) is 18.8 Å². The molecule has 0 aliphatic carbocycles. The normalized spacial score (nSPS) is 11.0. The smallest absolute Gasteiger partial charge is 0.323 e. The van der Waals surface area contributed by atoms with Crippen LogP contribution in [-0.4, -0.2) is 41.6 Å². The highest BCUT2D eigenvalue weighted by atomic mass is 16.4. The van der Waals surface area contributed by atoms with Crippen LogP contribution in [0.1, 0.15) is 34.1 Å². The standard InChI is InChI=1S/C11H22N2O3/c1-5-11(3,4)8-12-10(16)13(6-2)7-9(14)15/h5-8H2,1-4H3,(H,12,16)(H,14,15). The van der Waals surface area contributed by atoms with Gasteiger partial charge in [-0.25, -0.2) is 4.79 Å².